The molecule has 1 N–H and O–H groups in total. The quantitative estimate of drug-likeness (QED) is 0.459. The van der Waals surface area contributed by atoms with Gasteiger partial charge in [-0.3, -0.25) is 0 Å². The molecular weight excluding hydrogens is 352 g/mol. The van der Waals surface area contributed by atoms with Crippen LogP contribution in [0.5, 0.6) is 5.75 Å². The van der Waals surface area contributed by atoms with Gasteiger partial charge in [0.15, 0.2) is 0 Å². The van der Waals surface area contributed by atoms with Crippen molar-refractivity contribution in [1.29, 1.82) is 0 Å². The normalized spacial score (nSPS) is 10.5. The minimum atomic E-state index is -0.436. The van der Waals surface area contributed by atoms with Crippen LogP contribution in [-0.2, 0) is 28.8 Å². The smallest absolute Gasteiger partial charge is 0.330 e. The Bertz CT molecular complexity index is 795. The maximum absolute atomic E-state index is 11.3. The van der Waals surface area contributed by atoms with E-state index >= 15 is 0 Å². The summed E-state index contributed by atoms with van der Waals surface area (Å²) >= 11 is 0. The number of benzene rings is 2. The molecule has 0 bridgehead atoms. The van der Waals surface area contributed by atoms with E-state index in [1.165, 1.54) is 16.7 Å². The number of hydrogen-bond donors (Lipinski definition) is 1. The second kappa shape index (κ2) is 11.3. The zero-order valence-electron chi connectivity index (χ0n) is 16.9. The van der Waals surface area contributed by atoms with Gasteiger partial charge in [-0.2, -0.15) is 0 Å². The predicted octanol–water partition coefficient (Wildman–Crippen LogP) is 4.51. The Labute approximate surface area is 167 Å². The molecule has 0 aliphatic rings. The lowest BCUT2D eigenvalue weighted by Crippen LogP contribution is -2.08. The number of carbonyl (C=O) groups excluding carboxylic acids is 1. The number of carbonyl (C=O) groups is 1. The summed E-state index contributed by atoms with van der Waals surface area (Å²) in [4.78, 5) is 11.3. The molecule has 0 spiro atoms. The minimum absolute atomic E-state index is 0.0501. The summed E-state index contributed by atoms with van der Waals surface area (Å²) in [7, 11) is 0. The summed E-state index contributed by atoms with van der Waals surface area (Å²) in [5, 5.41) is 9.06. The molecule has 4 nitrogen and oxygen atoms in total. The van der Waals surface area contributed by atoms with Gasteiger partial charge < -0.3 is 14.6 Å². The molecule has 0 aliphatic heterocycles. The van der Waals surface area contributed by atoms with Crippen molar-refractivity contribution in [3.63, 3.8) is 0 Å². The van der Waals surface area contributed by atoms with Crippen LogP contribution in [0.25, 0.3) is 11.1 Å². The monoisotopic (exact) mass is 382 g/mol. The number of hydrogen-bond acceptors (Lipinski definition) is 4. The molecule has 2 aromatic carbocycles. The Morgan fingerprint density at radius 3 is 2.57 bits per heavy atom. The summed E-state index contributed by atoms with van der Waals surface area (Å²) in [6, 6.07) is 12.7. The van der Waals surface area contributed by atoms with E-state index in [1.807, 2.05) is 12.1 Å². The fourth-order valence-corrected chi connectivity index (χ4v) is 3.22. The van der Waals surface area contributed by atoms with Crippen LogP contribution in [0.2, 0.25) is 0 Å². The Morgan fingerprint density at radius 2 is 1.89 bits per heavy atom. The SMILES string of the molecule is C=CC(=O)OCCc1cc(-c2ccc(CCC)cc2CC)ccc1OCCO. The van der Waals surface area contributed by atoms with Crippen molar-refractivity contribution in [2.24, 2.45) is 0 Å². The van der Waals surface area contributed by atoms with Crippen LogP contribution in [0.4, 0.5) is 0 Å². The van der Waals surface area contributed by atoms with Crippen molar-refractivity contribution in [3.05, 3.63) is 65.7 Å². The largest absolute Gasteiger partial charge is 0.491 e. The summed E-state index contributed by atoms with van der Waals surface area (Å²) in [6.45, 7) is 8.20. The van der Waals surface area contributed by atoms with E-state index in [4.69, 9.17) is 14.6 Å². The summed E-state index contributed by atoms with van der Waals surface area (Å²) in [6.07, 6.45) is 4.87. The molecule has 150 valence electrons. The standard InChI is InChI=1S/C24H30O4/c1-4-7-18-8-10-22(19(5-2)16-18)20-9-11-23(27-15-13-25)21(17-20)12-14-28-24(26)6-3/h6,8-11,16-17,25H,3-5,7,12-15H2,1-2H3. The summed E-state index contributed by atoms with van der Waals surface area (Å²) < 4.78 is 10.8. The van der Waals surface area contributed by atoms with E-state index in [1.54, 1.807) is 0 Å². The van der Waals surface area contributed by atoms with Gasteiger partial charge in [-0.1, -0.05) is 51.1 Å². The highest BCUT2D eigenvalue weighted by atomic mass is 16.5. The number of aryl methyl sites for hydroxylation is 2. The lowest BCUT2D eigenvalue weighted by molar-refractivity contribution is -0.137. The second-order valence-electron chi connectivity index (χ2n) is 6.61. The topological polar surface area (TPSA) is 55.8 Å². The predicted molar refractivity (Wildman–Crippen MR) is 113 cm³/mol. The van der Waals surface area contributed by atoms with Crippen LogP contribution in [0.15, 0.2) is 49.1 Å². The maximum Gasteiger partial charge on any atom is 0.330 e. The third-order valence-corrected chi connectivity index (χ3v) is 4.59. The number of aliphatic hydroxyl groups excluding tert-OH is 1. The van der Waals surface area contributed by atoms with Crippen molar-refractivity contribution in [2.75, 3.05) is 19.8 Å². The molecule has 0 aliphatic carbocycles. The molecule has 0 aromatic heterocycles. The molecule has 2 aromatic rings. The lowest BCUT2D eigenvalue weighted by atomic mass is 9.93. The van der Waals surface area contributed by atoms with Crippen molar-refractivity contribution in [3.8, 4) is 16.9 Å². The molecule has 4 heteroatoms. The molecule has 28 heavy (non-hydrogen) atoms. The summed E-state index contributed by atoms with van der Waals surface area (Å²) in [5.74, 6) is 0.266. The first-order chi connectivity index (χ1) is 13.6. The third-order valence-electron chi connectivity index (χ3n) is 4.59. The molecular formula is C24H30O4. The van der Waals surface area contributed by atoms with Gasteiger partial charge in [0.05, 0.1) is 13.2 Å². The van der Waals surface area contributed by atoms with Gasteiger partial charge in [-0.05, 0) is 52.8 Å². The van der Waals surface area contributed by atoms with Crippen LogP contribution >= 0.6 is 0 Å². The molecule has 0 amide bonds. The fraction of sp³-hybridized carbons (Fsp3) is 0.375. The van der Waals surface area contributed by atoms with E-state index in [0.717, 1.165) is 36.5 Å². The molecule has 0 unspecified atom stereocenters. The Hall–Kier alpha value is -2.59. The summed E-state index contributed by atoms with van der Waals surface area (Å²) in [5.41, 5.74) is 5.95. The maximum atomic E-state index is 11.3. The molecule has 0 heterocycles. The number of esters is 1. The van der Waals surface area contributed by atoms with E-state index in [-0.39, 0.29) is 19.8 Å². The molecule has 0 atom stereocenters. The van der Waals surface area contributed by atoms with Gasteiger partial charge in [0, 0.05) is 12.5 Å². The molecule has 2 rings (SSSR count). The average molecular weight is 383 g/mol. The first-order valence-electron chi connectivity index (χ1n) is 9.90. The Kier molecular flexibility index (Phi) is 8.76. The van der Waals surface area contributed by atoms with Crippen molar-refractivity contribution in [1.82, 2.24) is 0 Å². The van der Waals surface area contributed by atoms with E-state index < -0.39 is 5.97 Å². The molecule has 0 radical (unpaired) electrons. The van der Waals surface area contributed by atoms with E-state index in [9.17, 15) is 4.79 Å². The van der Waals surface area contributed by atoms with Gasteiger partial charge >= 0.3 is 5.97 Å². The van der Waals surface area contributed by atoms with E-state index in [0.29, 0.717) is 12.2 Å². The molecule has 0 saturated heterocycles. The zero-order valence-corrected chi connectivity index (χ0v) is 16.9. The lowest BCUT2D eigenvalue weighted by Gasteiger charge is -2.15. The van der Waals surface area contributed by atoms with Crippen LogP contribution in [0.3, 0.4) is 0 Å². The molecule has 0 fully saturated rings. The first kappa shape index (κ1) is 21.7. The number of ether oxygens (including phenoxy) is 2. The van der Waals surface area contributed by atoms with Crippen molar-refractivity contribution >= 4 is 5.97 Å². The van der Waals surface area contributed by atoms with Crippen LogP contribution in [0, 0.1) is 0 Å². The Morgan fingerprint density at radius 1 is 1.07 bits per heavy atom. The number of aliphatic hydroxyl groups is 1. The average Bonchev–Trinajstić information content (AvgIpc) is 2.72. The van der Waals surface area contributed by atoms with Crippen LogP contribution < -0.4 is 4.74 Å². The van der Waals surface area contributed by atoms with E-state index in [2.05, 4.69) is 44.7 Å². The van der Waals surface area contributed by atoms with Gasteiger partial charge in [0.25, 0.3) is 0 Å². The highest BCUT2D eigenvalue weighted by Crippen LogP contribution is 2.30. The highest BCUT2D eigenvalue weighted by molar-refractivity contribution is 5.81. The number of rotatable bonds is 11. The second-order valence-corrected chi connectivity index (χ2v) is 6.61. The van der Waals surface area contributed by atoms with Gasteiger partial charge in [-0.15, -0.1) is 0 Å². The van der Waals surface area contributed by atoms with Crippen LogP contribution in [0.1, 0.15) is 37.0 Å². The first-order valence-corrected chi connectivity index (χ1v) is 9.90. The fourth-order valence-electron chi connectivity index (χ4n) is 3.22. The van der Waals surface area contributed by atoms with Crippen molar-refractivity contribution in [2.45, 2.75) is 39.5 Å². The highest BCUT2D eigenvalue weighted by Gasteiger charge is 2.11. The minimum Gasteiger partial charge on any atom is -0.491 e. The zero-order chi connectivity index (χ0) is 20.4. The van der Waals surface area contributed by atoms with Crippen molar-refractivity contribution < 1.29 is 19.4 Å². The molecule has 0 saturated carbocycles. The Balaban J connectivity index is 2.32. The van der Waals surface area contributed by atoms with Gasteiger partial charge in [-0.25, -0.2) is 4.79 Å². The third kappa shape index (κ3) is 5.96. The van der Waals surface area contributed by atoms with Gasteiger partial charge in [0.1, 0.15) is 12.4 Å². The van der Waals surface area contributed by atoms with Crippen LogP contribution in [-0.4, -0.2) is 30.9 Å². The van der Waals surface area contributed by atoms with Gasteiger partial charge in [0.2, 0.25) is 0 Å².